The zero-order chi connectivity index (χ0) is 20.4. The molecular weight excluding hydrogens is 590 g/mol. The molecule has 0 amide bonds. The van der Waals surface area contributed by atoms with Gasteiger partial charge in [0.15, 0.2) is 0 Å². The first-order chi connectivity index (χ1) is 13.5. The number of aryl methyl sites for hydroxylation is 2. The van der Waals surface area contributed by atoms with E-state index in [0.29, 0.717) is 0 Å². The fourth-order valence-corrected chi connectivity index (χ4v) is 7.81. The van der Waals surface area contributed by atoms with Crippen molar-refractivity contribution in [2.24, 2.45) is 0 Å². The molecule has 0 aliphatic rings. The van der Waals surface area contributed by atoms with Crippen LogP contribution in [0.2, 0.25) is 0 Å². The molecule has 0 nitrogen and oxygen atoms in total. The molecule has 0 atom stereocenters. The van der Waals surface area contributed by atoms with Gasteiger partial charge in [0.05, 0.1) is 0 Å². The van der Waals surface area contributed by atoms with E-state index in [0.717, 1.165) is 0 Å². The van der Waals surface area contributed by atoms with E-state index < -0.39 is 5.49 Å². The van der Waals surface area contributed by atoms with Crippen molar-refractivity contribution in [1.82, 2.24) is 0 Å². The van der Waals surface area contributed by atoms with E-state index >= 15 is 0 Å². The maximum absolute atomic E-state index is 2.26. The Bertz CT molecular complexity index is 878. The number of halogens is 2. The van der Waals surface area contributed by atoms with E-state index in [1.54, 1.807) is 0 Å². The molecule has 0 unspecified atom stereocenters. The van der Waals surface area contributed by atoms with E-state index in [2.05, 4.69) is 94.4 Å². The molecule has 4 rings (SSSR count). The Kier molecular flexibility index (Phi) is 15.0. The molecule has 0 heterocycles. The Hall–Kier alpha value is -1.19. The van der Waals surface area contributed by atoms with E-state index in [1.165, 1.54) is 55.6 Å². The second-order valence-corrected chi connectivity index (χ2v) is 14.1. The fourth-order valence-electron chi connectivity index (χ4n) is 2.83. The number of hydrogen-bond acceptors (Lipinski definition) is 0. The maximum atomic E-state index is 2.26. The summed E-state index contributed by atoms with van der Waals surface area (Å²) < 4.78 is 0. The van der Waals surface area contributed by atoms with Gasteiger partial charge >= 0.3 is 99.5 Å². The summed E-state index contributed by atoms with van der Waals surface area (Å²) in [6.45, 7) is 8.68. The van der Waals surface area contributed by atoms with E-state index in [4.69, 9.17) is 0 Å². The topological polar surface area (TPSA) is 0 Å². The minimum absolute atomic E-state index is 0. The van der Waals surface area contributed by atoms with Crippen LogP contribution in [0.25, 0.3) is 0 Å². The Labute approximate surface area is 209 Å². The van der Waals surface area contributed by atoms with Gasteiger partial charge in [0, 0.05) is 0 Å². The summed E-state index contributed by atoms with van der Waals surface area (Å²) in [6.07, 6.45) is 0. The molecule has 0 aliphatic heterocycles. The van der Waals surface area contributed by atoms with Crippen LogP contribution in [-0.2, 0) is 23.0 Å². The summed E-state index contributed by atoms with van der Waals surface area (Å²) in [5.74, 6) is 0. The molecule has 0 N–H and O–H groups in total. The molecule has 0 bridgehead atoms. The van der Waals surface area contributed by atoms with Crippen molar-refractivity contribution in [2.45, 2.75) is 27.7 Å². The van der Waals surface area contributed by atoms with Gasteiger partial charge in [0.25, 0.3) is 0 Å². The monoisotopic (exact) mass is 618 g/mol. The van der Waals surface area contributed by atoms with Gasteiger partial charge < -0.3 is 24.8 Å². The van der Waals surface area contributed by atoms with Crippen LogP contribution in [-0.4, -0.2) is 5.49 Å². The molecule has 156 valence electrons. The van der Waals surface area contributed by atoms with Crippen LogP contribution in [0.1, 0.15) is 22.3 Å². The second kappa shape index (κ2) is 15.6. The minimum Gasteiger partial charge on any atom is -0.214 e. The molecule has 4 aromatic rings. The summed E-state index contributed by atoms with van der Waals surface area (Å²) in [5.41, 5.74) is 5.34. The van der Waals surface area contributed by atoms with Crippen LogP contribution < -0.4 is 35.2 Å². The summed E-state index contributed by atoms with van der Waals surface area (Å²) in [4.78, 5) is 0. The van der Waals surface area contributed by atoms with Gasteiger partial charge in [0.1, 0.15) is 0 Å². The third-order valence-corrected chi connectivity index (χ3v) is 12.9. The third kappa shape index (κ3) is 9.30. The first-order valence-corrected chi connectivity index (χ1v) is 16.5. The molecule has 0 spiro atoms. The average Bonchev–Trinajstić information content (AvgIpc) is 3.39. The minimum atomic E-state index is -0.406. The smallest absolute Gasteiger partial charge is 0.172 e. The maximum Gasteiger partial charge on any atom is -0.172 e. The first kappa shape index (κ1) is 28.8. The van der Waals surface area contributed by atoms with Gasteiger partial charge in [0.2, 0.25) is 0 Å². The SMILES string of the molecule is Cc1c[c-](C)c(C)c1C.[Cl-].[Cl-].[Hf+2]=[Si](c1ccccc1)c1ccccc1.c1cc[cH-]c1. The first-order valence-electron chi connectivity index (χ1n) is 9.57. The molecule has 0 aromatic heterocycles. The molecule has 4 heteroatoms. The zero-order valence-electron chi connectivity index (χ0n) is 18.0. The largest absolute Gasteiger partial charge is 0.214 e. The van der Waals surface area contributed by atoms with Crippen molar-refractivity contribution in [3.8, 4) is 0 Å². The van der Waals surface area contributed by atoms with Crippen molar-refractivity contribution in [3.63, 3.8) is 0 Å². The van der Waals surface area contributed by atoms with Gasteiger partial charge in [-0.15, -0.1) is 0 Å². The molecule has 0 fully saturated rings. The Morgan fingerprint density at radius 2 is 1.17 bits per heavy atom. The normalized spacial score (nSPS) is 9.00. The van der Waals surface area contributed by atoms with Gasteiger partial charge in [-0.1, -0.05) is 27.7 Å². The third-order valence-electron chi connectivity index (χ3n) is 4.86. The summed E-state index contributed by atoms with van der Waals surface area (Å²) >= 11 is 1.27. The van der Waals surface area contributed by atoms with Crippen LogP contribution in [0.4, 0.5) is 0 Å². The molecular formula is C26H28Cl2HfSi-2. The number of rotatable bonds is 2. The Morgan fingerprint density at radius 1 is 0.733 bits per heavy atom. The summed E-state index contributed by atoms with van der Waals surface area (Å²) in [6, 6.07) is 34.0. The van der Waals surface area contributed by atoms with E-state index in [1.807, 2.05) is 30.3 Å². The summed E-state index contributed by atoms with van der Waals surface area (Å²) in [7, 11) is 0. The number of benzene rings is 2. The van der Waals surface area contributed by atoms with Crippen LogP contribution in [0.5, 0.6) is 0 Å². The second-order valence-electron chi connectivity index (χ2n) is 6.83. The van der Waals surface area contributed by atoms with Gasteiger partial charge in [-0.2, -0.15) is 46.5 Å². The van der Waals surface area contributed by atoms with E-state index in [9.17, 15) is 0 Å². The van der Waals surface area contributed by atoms with E-state index in [-0.39, 0.29) is 24.8 Å². The average molecular weight is 618 g/mol. The van der Waals surface area contributed by atoms with Crippen molar-refractivity contribution in [2.75, 3.05) is 0 Å². The van der Waals surface area contributed by atoms with Crippen LogP contribution >= 0.6 is 0 Å². The zero-order valence-corrected chi connectivity index (χ0v) is 24.1. The van der Waals surface area contributed by atoms with Gasteiger partial charge in [-0.3, -0.25) is 0 Å². The molecule has 0 aliphatic carbocycles. The predicted octanol–water partition coefficient (Wildman–Crippen LogP) is -0.608. The molecule has 0 radical (unpaired) electrons. The number of hydrogen-bond donors (Lipinski definition) is 0. The quantitative estimate of drug-likeness (QED) is 0.208. The predicted molar refractivity (Wildman–Crippen MR) is 121 cm³/mol. The van der Waals surface area contributed by atoms with Gasteiger partial charge in [-0.05, 0) is 0 Å². The fraction of sp³-hybridized carbons (Fsp3) is 0.154. The van der Waals surface area contributed by atoms with Crippen molar-refractivity contribution < 1.29 is 47.8 Å². The standard InChI is InChI=1S/C12H10Si.C9H13.C5H5.2ClH.Hf/c1-3-7-11(8-4-1)13-12-9-5-2-6-10-12;1-6-5-7(2)9(4)8(6)3;1-2-4-5-3-1;;;/h1-10H;5H,1-4H3;1-5H;2*1H;/q;2*-1;;;+2/p-2. The molecule has 4 aromatic carbocycles. The van der Waals surface area contributed by atoms with Gasteiger partial charge in [-0.25, -0.2) is 12.1 Å². The molecule has 0 saturated heterocycles. The van der Waals surface area contributed by atoms with Crippen LogP contribution in [0.15, 0.2) is 97.1 Å². The van der Waals surface area contributed by atoms with Crippen molar-refractivity contribution >= 4 is 15.9 Å². The summed E-state index contributed by atoms with van der Waals surface area (Å²) in [5, 5.41) is 3.07. The Morgan fingerprint density at radius 3 is 1.40 bits per heavy atom. The van der Waals surface area contributed by atoms with Crippen LogP contribution in [0.3, 0.4) is 0 Å². The van der Waals surface area contributed by atoms with Crippen LogP contribution in [0, 0.1) is 27.7 Å². The Balaban J connectivity index is 0.000000454. The van der Waals surface area contributed by atoms with Crippen molar-refractivity contribution in [1.29, 1.82) is 0 Å². The van der Waals surface area contributed by atoms with Crippen molar-refractivity contribution in [3.05, 3.63) is 119 Å². The molecule has 0 saturated carbocycles. The molecule has 30 heavy (non-hydrogen) atoms.